The van der Waals surface area contributed by atoms with Gasteiger partial charge in [0.25, 0.3) is 0 Å². The molecule has 2 heterocycles. The molecule has 0 radical (unpaired) electrons. The summed E-state index contributed by atoms with van der Waals surface area (Å²) in [6, 6.07) is 8.64. The van der Waals surface area contributed by atoms with Crippen LogP contribution in [-0.2, 0) is 15.9 Å². The highest BCUT2D eigenvalue weighted by Crippen LogP contribution is 2.26. The van der Waals surface area contributed by atoms with E-state index < -0.39 is 0 Å². The van der Waals surface area contributed by atoms with Gasteiger partial charge in [0.05, 0.1) is 18.8 Å². The molecule has 0 bridgehead atoms. The summed E-state index contributed by atoms with van der Waals surface area (Å²) in [4.78, 5) is 0. The summed E-state index contributed by atoms with van der Waals surface area (Å²) >= 11 is 0. The molecule has 3 heteroatoms. The highest BCUT2D eigenvalue weighted by atomic mass is 16.5. The molecule has 1 saturated heterocycles. The van der Waals surface area contributed by atoms with Gasteiger partial charge in [-0.15, -0.1) is 0 Å². The van der Waals surface area contributed by atoms with Crippen LogP contribution in [-0.4, -0.2) is 32.4 Å². The zero-order valence-corrected chi connectivity index (χ0v) is 11.6. The van der Waals surface area contributed by atoms with Gasteiger partial charge in [0.2, 0.25) is 0 Å². The maximum atomic E-state index is 5.90. The summed E-state index contributed by atoms with van der Waals surface area (Å²) in [7, 11) is 0. The van der Waals surface area contributed by atoms with Crippen molar-refractivity contribution in [3.63, 3.8) is 0 Å². The van der Waals surface area contributed by atoms with Crippen molar-refractivity contribution < 1.29 is 9.47 Å². The first kappa shape index (κ1) is 13.1. The van der Waals surface area contributed by atoms with Crippen LogP contribution in [0.3, 0.4) is 0 Å². The molecule has 0 aliphatic carbocycles. The van der Waals surface area contributed by atoms with Crippen LogP contribution in [0.25, 0.3) is 0 Å². The number of hydrogen-bond donors (Lipinski definition) is 1. The second-order valence-corrected chi connectivity index (χ2v) is 5.59. The number of rotatable bonds is 4. The molecule has 0 saturated carbocycles. The van der Waals surface area contributed by atoms with Crippen LogP contribution in [0.1, 0.15) is 30.6 Å². The lowest BCUT2D eigenvalue weighted by Crippen LogP contribution is -2.32. The van der Waals surface area contributed by atoms with Crippen molar-refractivity contribution in [2.45, 2.75) is 32.0 Å². The smallest absolute Gasteiger partial charge is 0.0952 e. The third-order valence-corrected chi connectivity index (χ3v) is 4.36. The first-order valence-electron chi connectivity index (χ1n) is 7.36. The van der Waals surface area contributed by atoms with Crippen LogP contribution in [0, 0.1) is 5.92 Å². The summed E-state index contributed by atoms with van der Waals surface area (Å²) in [6.45, 7) is 5.86. The zero-order valence-electron chi connectivity index (χ0n) is 11.6. The van der Waals surface area contributed by atoms with Crippen LogP contribution in [0.4, 0.5) is 0 Å². The fraction of sp³-hybridized carbons (Fsp3) is 0.625. The number of nitrogens with one attached hydrogen (secondary N) is 1. The first-order valence-corrected chi connectivity index (χ1v) is 7.36. The van der Waals surface area contributed by atoms with E-state index in [4.69, 9.17) is 9.47 Å². The molecule has 1 N–H and O–H groups in total. The Morgan fingerprint density at radius 3 is 2.89 bits per heavy atom. The maximum absolute atomic E-state index is 5.90. The quantitative estimate of drug-likeness (QED) is 0.902. The number of fused-ring (bicyclic) bond motifs is 1. The lowest BCUT2D eigenvalue weighted by Gasteiger charge is -2.27. The lowest BCUT2D eigenvalue weighted by atomic mass is 9.97. The normalized spacial score (nSPS) is 30.3. The minimum Gasteiger partial charge on any atom is -0.378 e. The average molecular weight is 261 g/mol. The standard InChI is InChI=1S/C16H23NO2/c1-12-14(7-8-18-12)10-17-11-16-15-5-3-2-4-13(15)6-9-19-16/h2-5,12,14,16-17H,6-11H2,1H3. The van der Waals surface area contributed by atoms with Crippen molar-refractivity contribution in [3.8, 4) is 0 Å². The van der Waals surface area contributed by atoms with Gasteiger partial charge in [0.15, 0.2) is 0 Å². The monoisotopic (exact) mass is 261 g/mol. The Balaban J connectivity index is 1.53. The maximum Gasteiger partial charge on any atom is 0.0952 e. The van der Waals surface area contributed by atoms with E-state index >= 15 is 0 Å². The Labute approximate surface area is 115 Å². The van der Waals surface area contributed by atoms with Crippen molar-refractivity contribution in [1.82, 2.24) is 5.32 Å². The predicted molar refractivity (Wildman–Crippen MR) is 75.2 cm³/mol. The third-order valence-electron chi connectivity index (χ3n) is 4.36. The summed E-state index contributed by atoms with van der Waals surface area (Å²) < 4.78 is 11.5. The van der Waals surface area contributed by atoms with E-state index in [1.165, 1.54) is 17.5 Å². The van der Waals surface area contributed by atoms with E-state index in [-0.39, 0.29) is 6.10 Å². The second-order valence-electron chi connectivity index (χ2n) is 5.59. The minimum atomic E-state index is 0.211. The van der Waals surface area contributed by atoms with Gasteiger partial charge in [-0.1, -0.05) is 24.3 Å². The van der Waals surface area contributed by atoms with Gasteiger partial charge in [-0.25, -0.2) is 0 Å². The molecule has 2 aliphatic rings. The van der Waals surface area contributed by atoms with E-state index in [1.54, 1.807) is 0 Å². The van der Waals surface area contributed by atoms with E-state index in [2.05, 4.69) is 36.5 Å². The highest BCUT2D eigenvalue weighted by molar-refractivity contribution is 5.31. The van der Waals surface area contributed by atoms with Crippen LogP contribution in [0.15, 0.2) is 24.3 Å². The van der Waals surface area contributed by atoms with Crippen LogP contribution in [0.5, 0.6) is 0 Å². The molecular formula is C16H23NO2. The molecule has 0 spiro atoms. The largest absolute Gasteiger partial charge is 0.378 e. The first-order chi connectivity index (χ1) is 9.34. The van der Waals surface area contributed by atoms with Crippen LogP contribution >= 0.6 is 0 Å². The van der Waals surface area contributed by atoms with Gasteiger partial charge >= 0.3 is 0 Å². The van der Waals surface area contributed by atoms with Gasteiger partial charge in [-0.2, -0.15) is 0 Å². The van der Waals surface area contributed by atoms with Crippen molar-refractivity contribution >= 4 is 0 Å². The molecule has 0 amide bonds. The van der Waals surface area contributed by atoms with E-state index in [9.17, 15) is 0 Å². The predicted octanol–water partition coefficient (Wildman–Crippen LogP) is 2.32. The molecule has 3 atom stereocenters. The SMILES string of the molecule is CC1OCCC1CNCC1OCCc2ccccc21. The number of ether oxygens (including phenoxy) is 2. The minimum absolute atomic E-state index is 0.211. The van der Waals surface area contributed by atoms with Crippen LogP contribution < -0.4 is 5.32 Å². The topological polar surface area (TPSA) is 30.5 Å². The Morgan fingerprint density at radius 2 is 2.05 bits per heavy atom. The zero-order chi connectivity index (χ0) is 13.1. The fourth-order valence-corrected chi connectivity index (χ4v) is 3.09. The average Bonchev–Trinajstić information content (AvgIpc) is 2.85. The Hall–Kier alpha value is -0.900. The Morgan fingerprint density at radius 1 is 1.16 bits per heavy atom. The lowest BCUT2D eigenvalue weighted by molar-refractivity contribution is 0.0408. The van der Waals surface area contributed by atoms with E-state index in [0.717, 1.165) is 32.7 Å². The number of hydrogen-bond acceptors (Lipinski definition) is 3. The molecule has 2 aliphatic heterocycles. The third kappa shape index (κ3) is 2.99. The molecule has 3 nitrogen and oxygen atoms in total. The van der Waals surface area contributed by atoms with Crippen molar-refractivity contribution in [1.29, 1.82) is 0 Å². The molecule has 19 heavy (non-hydrogen) atoms. The van der Waals surface area contributed by atoms with Crippen molar-refractivity contribution in [2.24, 2.45) is 5.92 Å². The van der Waals surface area contributed by atoms with Gasteiger partial charge < -0.3 is 14.8 Å². The van der Waals surface area contributed by atoms with Gasteiger partial charge in [0, 0.05) is 19.7 Å². The van der Waals surface area contributed by atoms with Crippen molar-refractivity contribution in [3.05, 3.63) is 35.4 Å². The van der Waals surface area contributed by atoms with E-state index in [0.29, 0.717) is 12.0 Å². The Kier molecular flexibility index (Phi) is 4.16. The molecule has 104 valence electrons. The fourth-order valence-electron chi connectivity index (χ4n) is 3.09. The molecule has 1 aromatic carbocycles. The van der Waals surface area contributed by atoms with Gasteiger partial charge in [-0.05, 0) is 36.8 Å². The van der Waals surface area contributed by atoms with Gasteiger partial charge in [0.1, 0.15) is 0 Å². The molecule has 0 aromatic heterocycles. The summed E-state index contributed by atoms with van der Waals surface area (Å²) in [5.74, 6) is 0.652. The summed E-state index contributed by atoms with van der Waals surface area (Å²) in [5, 5.41) is 3.56. The number of benzene rings is 1. The van der Waals surface area contributed by atoms with Crippen LogP contribution in [0.2, 0.25) is 0 Å². The molecule has 1 aromatic rings. The second kappa shape index (κ2) is 6.04. The molecule has 3 unspecified atom stereocenters. The summed E-state index contributed by atoms with van der Waals surface area (Å²) in [6.07, 6.45) is 2.82. The molecule has 1 fully saturated rings. The summed E-state index contributed by atoms with van der Waals surface area (Å²) in [5.41, 5.74) is 2.80. The van der Waals surface area contributed by atoms with Crippen molar-refractivity contribution in [2.75, 3.05) is 26.3 Å². The van der Waals surface area contributed by atoms with E-state index in [1.807, 2.05) is 0 Å². The highest BCUT2D eigenvalue weighted by Gasteiger charge is 2.25. The molecule has 3 rings (SSSR count). The Bertz CT molecular complexity index is 421. The van der Waals surface area contributed by atoms with Gasteiger partial charge in [-0.3, -0.25) is 0 Å². The molecular weight excluding hydrogens is 238 g/mol.